The van der Waals surface area contributed by atoms with Crippen LogP contribution < -0.4 is 10.5 Å². The van der Waals surface area contributed by atoms with Crippen LogP contribution in [0.5, 0.6) is 11.6 Å². The fraction of sp³-hybridized carbons (Fsp3) is 0.214. The minimum Gasteiger partial charge on any atom is -0.439 e. The maximum absolute atomic E-state index is 5.77. The van der Waals surface area contributed by atoms with Gasteiger partial charge in [0.25, 0.3) is 0 Å². The normalized spacial score (nSPS) is 10.2. The van der Waals surface area contributed by atoms with Gasteiger partial charge in [-0.3, -0.25) is 0 Å². The second-order valence-corrected chi connectivity index (χ2v) is 3.89. The molecule has 1 aromatic carbocycles. The zero-order chi connectivity index (χ0) is 12.3. The first-order chi connectivity index (χ1) is 8.20. The van der Waals surface area contributed by atoms with Gasteiger partial charge in [0.2, 0.25) is 5.88 Å². The highest BCUT2D eigenvalue weighted by Gasteiger charge is 2.04. The minimum atomic E-state index is 0.581. The molecule has 3 heteroatoms. The third-order valence-corrected chi connectivity index (χ3v) is 2.67. The Kier molecular flexibility index (Phi) is 3.28. The Morgan fingerprint density at radius 3 is 2.65 bits per heavy atom. The topological polar surface area (TPSA) is 48.1 Å². The molecule has 1 aromatic heterocycles. The van der Waals surface area contributed by atoms with Crippen molar-refractivity contribution in [1.29, 1.82) is 0 Å². The number of aromatic nitrogens is 1. The third-order valence-electron chi connectivity index (χ3n) is 2.67. The molecule has 0 amide bonds. The van der Waals surface area contributed by atoms with Gasteiger partial charge in [0.05, 0.1) is 11.4 Å². The van der Waals surface area contributed by atoms with Crippen molar-refractivity contribution in [3.8, 4) is 11.6 Å². The number of nitrogens with two attached hydrogens (primary N) is 1. The molecule has 0 aliphatic carbocycles. The summed E-state index contributed by atoms with van der Waals surface area (Å²) in [5.74, 6) is 1.43. The van der Waals surface area contributed by atoms with Gasteiger partial charge >= 0.3 is 0 Å². The average Bonchev–Trinajstić information content (AvgIpc) is 2.34. The number of anilines is 1. The number of rotatable bonds is 3. The van der Waals surface area contributed by atoms with Gasteiger partial charge in [0.1, 0.15) is 5.75 Å². The van der Waals surface area contributed by atoms with Crippen LogP contribution in [0.25, 0.3) is 0 Å². The Bertz CT molecular complexity index is 523. The molecule has 17 heavy (non-hydrogen) atoms. The van der Waals surface area contributed by atoms with Crippen molar-refractivity contribution in [2.75, 3.05) is 5.73 Å². The lowest BCUT2D eigenvalue weighted by atomic mass is 10.1. The number of benzene rings is 1. The molecule has 3 nitrogen and oxygen atoms in total. The summed E-state index contributed by atoms with van der Waals surface area (Å²) in [6.07, 6.45) is 0.935. The van der Waals surface area contributed by atoms with Crippen molar-refractivity contribution in [2.45, 2.75) is 20.3 Å². The lowest BCUT2D eigenvalue weighted by Crippen LogP contribution is -1.96. The molecule has 2 aromatic rings. The Labute approximate surface area is 101 Å². The van der Waals surface area contributed by atoms with E-state index in [9.17, 15) is 0 Å². The smallest absolute Gasteiger partial charge is 0.219 e. The zero-order valence-corrected chi connectivity index (χ0v) is 10.1. The summed E-state index contributed by atoms with van der Waals surface area (Å²) in [6.45, 7) is 3.97. The van der Waals surface area contributed by atoms with Crippen molar-refractivity contribution < 1.29 is 4.74 Å². The van der Waals surface area contributed by atoms with Gasteiger partial charge in [-0.25, -0.2) is 4.98 Å². The minimum absolute atomic E-state index is 0.581. The van der Waals surface area contributed by atoms with Crippen LogP contribution in [-0.2, 0) is 6.42 Å². The van der Waals surface area contributed by atoms with Gasteiger partial charge in [-0.2, -0.15) is 0 Å². The Morgan fingerprint density at radius 2 is 1.94 bits per heavy atom. The molecule has 0 spiro atoms. The number of ether oxygens (including phenoxy) is 1. The highest BCUT2D eigenvalue weighted by atomic mass is 16.5. The van der Waals surface area contributed by atoms with Crippen LogP contribution in [0, 0.1) is 6.92 Å². The largest absolute Gasteiger partial charge is 0.439 e. The first-order valence-electron chi connectivity index (χ1n) is 5.69. The van der Waals surface area contributed by atoms with Crippen molar-refractivity contribution in [1.82, 2.24) is 4.98 Å². The summed E-state index contributed by atoms with van der Waals surface area (Å²) in [6, 6.07) is 11.6. The summed E-state index contributed by atoms with van der Waals surface area (Å²) in [4.78, 5) is 4.30. The third kappa shape index (κ3) is 2.56. The highest BCUT2D eigenvalue weighted by molar-refractivity contribution is 5.44. The van der Waals surface area contributed by atoms with E-state index in [2.05, 4.69) is 18.0 Å². The second kappa shape index (κ2) is 4.87. The molecule has 0 radical (unpaired) electrons. The molecular formula is C14H16N2O. The summed E-state index contributed by atoms with van der Waals surface area (Å²) < 4.78 is 5.77. The van der Waals surface area contributed by atoms with Crippen LogP contribution in [0.15, 0.2) is 36.4 Å². The lowest BCUT2D eigenvalue weighted by molar-refractivity contribution is 0.456. The van der Waals surface area contributed by atoms with E-state index < -0.39 is 0 Å². The molecule has 88 valence electrons. The van der Waals surface area contributed by atoms with Crippen molar-refractivity contribution >= 4 is 5.69 Å². The number of para-hydroxylation sites is 1. The van der Waals surface area contributed by atoms with Gasteiger partial charge in [-0.15, -0.1) is 0 Å². The van der Waals surface area contributed by atoms with Crippen LogP contribution in [0.4, 0.5) is 5.69 Å². The van der Waals surface area contributed by atoms with Crippen LogP contribution >= 0.6 is 0 Å². The van der Waals surface area contributed by atoms with Gasteiger partial charge < -0.3 is 10.5 Å². The molecular weight excluding hydrogens is 212 g/mol. The van der Waals surface area contributed by atoms with E-state index in [0.29, 0.717) is 11.6 Å². The lowest BCUT2D eigenvalue weighted by Gasteiger charge is -2.09. The predicted octanol–water partition coefficient (Wildman–Crippen LogP) is 3.33. The number of aryl methyl sites for hydroxylation is 2. The van der Waals surface area contributed by atoms with Gasteiger partial charge in [0, 0.05) is 6.07 Å². The van der Waals surface area contributed by atoms with E-state index in [0.717, 1.165) is 17.9 Å². The van der Waals surface area contributed by atoms with Crippen LogP contribution in [0.1, 0.15) is 18.2 Å². The van der Waals surface area contributed by atoms with Gasteiger partial charge in [-0.1, -0.05) is 25.1 Å². The summed E-state index contributed by atoms with van der Waals surface area (Å²) in [7, 11) is 0. The number of pyridine rings is 1. The SMILES string of the molecule is CCc1ccccc1Oc1ccc(N)c(C)n1. The molecule has 0 unspecified atom stereocenters. The molecule has 0 fully saturated rings. The van der Waals surface area contributed by atoms with Crippen LogP contribution in [-0.4, -0.2) is 4.98 Å². The molecule has 0 bridgehead atoms. The van der Waals surface area contributed by atoms with Crippen molar-refractivity contribution in [3.63, 3.8) is 0 Å². The maximum Gasteiger partial charge on any atom is 0.219 e. The van der Waals surface area contributed by atoms with E-state index in [1.54, 1.807) is 6.07 Å². The van der Waals surface area contributed by atoms with Crippen molar-refractivity contribution in [3.05, 3.63) is 47.7 Å². The number of hydrogen-bond acceptors (Lipinski definition) is 3. The first-order valence-corrected chi connectivity index (χ1v) is 5.69. The van der Waals surface area contributed by atoms with Crippen molar-refractivity contribution in [2.24, 2.45) is 0 Å². The Morgan fingerprint density at radius 1 is 1.18 bits per heavy atom. The Hall–Kier alpha value is -2.03. The molecule has 0 saturated carbocycles. The highest BCUT2D eigenvalue weighted by Crippen LogP contribution is 2.25. The molecule has 0 aliphatic heterocycles. The van der Waals surface area contributed by atoms with E-state index in [4.69, 9.17) is 10.5 Å². The summed E-state index contributed by atoms with van der Waals surface area (Å²) in [5.41, 5.74) is 8.36. The molecule has 0 saturated heterocycles. The van der Waals surface area contributed by atoms with Crippen LogP contribution in [0.2, 0.25) is 0 Å². The molecule has 2 rings (SSSR count). The van der Waals surface area contributed by atoms with E-state index in [-0.39, 0.29) is 0 Å². The fourth-order valence-electron chi connectivity index (χ4n) is 1.61. The second-order valence-electron chi connectivity index (χ2n) is 3.89. The van der Waals surface area contributed by atoms with Gasteiger partial charge in [-0.05, 0) is 31.0 Å². The Balaban J connectivity index is 2.28. The molecule has 2 N–H and O–H groups in total. The zero-order valence-electron chi connectivity index (χ0n) is 10.1. The first kappa shape index (κ1) is 11.5. The number of nitrogens with zero attached hydrogens (tertiary/aromatic N) is 1. The summed E-state index contributed by atoms with van der Waals surface area (Å²) in [5, 5.41) is 0. The monoisotopic (exact) mass is 228 g/mol. The average molecular weight is 228 g/mol. The van der Waals surface area contributed by atoms with E-state index in [1.807, 2.05) is 31.2 Å². The van der Waals surface area contributed by atoms with E-state index in [1.165, 1.54) is 5.56 Å². The predicted molar refractivity (Wildman–Crippen MR) is 69.3 cm³/mol. The summed E-state index contributed by atoms with van der Waals surface area (Å²) >= 11 is 0. The standard InChI is InChI=1S/C14H16N2O/c1-3-11-6-4-5-7-13(11)17-14-9-8-12(15)10(2)16-14/h4-9H,3,15H2,1-2H3. The number of hydrogen-bond donors (Lipinski definition) is 1. The quantitative estimate of drug-likeness (QED) is 0.876. The number of nitrogen functional groups attached to an aromatic ring is 1. The molecule has 0 aliphatic rings. The van der Waals surface area contributed by atoms with E-state index >= 15 is 0 Å². The fourth-order valence-corrected chi connectivity index (χ4v) is 1.61. The van der Waals surface area contributed by atoms with Gasteiger partial charge in [0.15, 0.2) is 0 Å². The maximum atomic E-state index is 5.77. The van der Waals surface area contributed by atoms with Crippen LogP contribution in [0.3, 0.4) is 0 Å². The molecule has 0 atom stereocenters. The molecule has 1 heterocycles.